The number of esters is 1. The molecule has 1 saturated carbocycles. The first-order chi connectivity index (χ1) is 11.9. The van der Waals surface area contributed by atoms with Crippen molar-refractivity contribution in [3.8, 4) is 0 Å². The van der Waals surface area contributed by atoms with Gasteiger partial charge in [0, 0.05) is 30.3 Å². The lowest BCUT2D eigenvalue weighted by Crippen LogP contribution is -2.46. The van der Waals surface area contributed by atoms with E-state index in [1.807, 2.05) is 0 Å². The Morgan fingerprint density at radius 3 is 2.68 bits per heavy atom. The Morgan fingerprint density at radius 2 is 2.04 bits per heavy atom. The molecule has 1 aliphatic rings. The highest BCUT2D eigenvalue weighted by Crippen LogP contribution is 2.29. The van der Waals surface area contributed by atoms with Gasteiger partial charge in [0.15, 0.2) is 0 Å². The number of nitro benzene ring substituents is 1. The van der Waals surface area contributed by atoms with Gasteiger partial charge >= 0.3 is 5.97 Å². The lowest BCUT2D eigenvalue weighted by molar-refractivity contribution is -0.384. The van der Waals surface area contributed by atoms with Crippen LogP contribution in [0.1, 0.15) is 49.4 Å². The molecular weight excluding hydrogens is 324 g/mol. The molecule has 2 atom stereocenters. The maximum absolute atomic E-state index is 13.0. The highest BCUT2D eigenvalue weighted by atomic mass is 16.6. The fourth-order valence-electron chi connectivity index (χ4n) is 3.41. The van der Waals surface area contributed by atoms with Gasteiger partial charge in [0.1, 0.15) is 0 Å². The Balaban J connectivity index is 2.26. The van der Waals surface area contributed by atoms with Gasteiger partial charge in [-0.3, -0.25) is 19.7 Å². The standard InChI is InChI=1S/C18H24N2O5/c1-13-6-3-4-9-16(13)19(11-10-17(21)25-2)18(22)14-7-5-8-15(12-14)20(23)24/h5,7-8,12-13,16H,3-4,6,9-11H2,1-2H3. The maximum Gasteiger partial charge on any atom is 0.307 e. The quantitative estimate of drug-likeness (QED) is 0.447. The summed E-state index contributed by atoms with van der Waals surface area (Å²) in [5.41, 5.74) is 0.160. The van der Waals surface area contributed by atoms with E-state index in [0.717, 1.165) is 25.7 Å². The molecule has 1 aromatic rings. The van der Waals surface area contributed by atoms with Crippen molar-refractivity contribution in [1.82, 2.24) is 4.90 Å². The van der Waals surface area contributed by atoms with Gasteiger partial charge in [0.25, 0.3) is 11.6 Å². The summed E-state index contributed by atoms with van der Waals surface area (Å²) in [6, 6.07) is 5.77. The molecule has 1 aliphatic carbocycles. The Bertz CT molecular complexity index is 646. The molecule has 1 aromatic carbocycles. The third-order valence-corrected chi connectivity index (χ3v) is 4.82. The molecule has 0 aliphatic heterocycles. The molecule has 0 bridgehead atoms. The Hall–Kier alpha value is -2.44. The number of benzene rings is 1. The fourth-order valence-corrected chi connectivity index (χ4v) is 3.41. The third kappa shape index (κ3) is 4.78. The molecule has 136 valence electrons. The molecule has 0 heterocycles. The zero-order valence-corrected chi connectivity index (χ0v) is 14.6. The summed E-state index contributed by atoms with van der Waals surface area (Å²) in [6.45, 7) is 2.36. The number of carbonyl (C=O) groups excluding carboxylic acids is 2. The minimum atomic E-state index is -0.515. The van der Waals surface area contributed by atoms with Crippen molar-refractivity contribution in [2.24, 2.45) is 5.92 Å². The van der Waals surface area contributed by atoms with Crippen LogP contribution in [-0.2, 0) is 9.53 Å². The second-order valence-corrected chi connectivity index (χ2v) is 6.46. The van der Waals surface area contributed by atoms with Crippen molar-refractivity contribution in [2.75, 3.05) is 13.7 Å². The van der Waals surface area contributed by atoms with E-state index in [2.05, 4.69) is 11.7 Å². The summed E-state index contributed by atoms with van der Waals surface area (Å²) in [6.07, 6.45) is 4.18. The van der Waals surface area contributed by atoms with Gasteiger partial charge in [0.05, 0.1) is 18.5 Å². The number of non-ortho nitro benzene ring substituents is 1. The lowest BCUT2D eigenvalue weighted by atomic mass is 9.84. The number of hydrogen-bond acceptors (Lipinski definition) is 5. The third-order valence-electron chi connectivity index (χ3n) is 4.82. The summed E-state index contributed by atoms with van der Waals surface area (Å²) in [7, 11) is 1.32. The number of amides is 1. The summed E-state index contributed by atoms with van der Waals surface area (Å²) in [5.74, 6) is -0.319. The SMILES string of the molecule is COC(=O)CCN(C(=O)c1cccc([N+](=O)[O-])c1)C1CCCCC1C. The largest absolute Gasteiger partial charge is 0.469 e. The van der Waals surface area contributed by atoms with Crippen molar-refractivity contribution in [2.45, 2.75) is 45.1 Å². The van der Waals surface area contributed by atoms with E-state index in [1.54, 1.807) is 11.0 Å². The predicted octanol–water partition coefficient (Wildman–Crippen LogP) is 3.18. The van der Waals surface area contributed by atoms with Crippen LogP contribution >= 0.6 is 0 Å². The van der Waals surface area contributed by atoms with Crippen LogP contribution in [0.15, 0.2) is 24.3 Å². The smallest absolute Gasteiger partial charge is 0.307 e. The van der Waals surface area contributed by atoms with Crippen molar-refractivity contribution in [1.29, 1.82) is 0 Å². The minimum Gasteiger partial charge on any atom is -0.469 e. The molecule has 0 spiro atoms. The first kappa shape index (κ1) is 18.9. The topological polar surface area (TPSA) is 89.8 Å². The van der Waals surface area contributed by atoms with E-state index in [9.17, 15) is 19.7 Å². The first-order valence-electron chi connectivity index (χ1n) is 8.56. The van der Waals surface area contributed by atoms with Crippen LogP contribution in [0.2, 0.25) is 0 Å². The second-order valence-electron chi connectivity index (χ2n) is 6.46. The summed E-state index contributed by atoms with van der Waals surface area (Å²) >= 11 is 0. The average molecular weight is 348 g/mol. The number of hydrogen-bond donors (Lipinski definition) is 0. The van der Waals surface area contributed by atoms with Crippen LogP contribution in [0.25, 0.3) is 0 Å². The van der Waals surface area contributed by atoms with E-state index >= 15 is 0 Å². The molecule has 0 radical (unpaired) electrons. The molecular formula is C18H24N2O5. The summed E-state index contributed by atoms with van der Waals surface area (Å²) in [4.78, 5) is 36.7. The maximum atomic E-state index is 13.0. The normalized spacial score (nSPS) is 19.9. The van der Waals surface area contributed by atoms with Gasteiger partial charge in [-0.2, -0.15) is 0 Å². The number of ether oxygens (including phenoxy) is 1. The van der Waals surface area contributed by atoms with Crippen molar-refractivity contribution in [3.63, 3.8) is 0 Å². The fraction of sp³-hybridized carbons (Fsp3) is 0.556. The van der Waals surface area contributed by atoms with Crippen LogP contribution in [0.3, 0.4) is 0 Å². The molecule has 0 aromatic heterocycles. The Labute approximate surface area is 147 Å². The highest BCUT2D eigenvalue weighted by Gasteiger charge is 2.31. The molecule has 0 N–H and O–H groups in total. The van der Waals surface area contributed by atoms with E-state index < -0.39 is 4.92 Å². The van der Waals surface area contributed by atoms with Crippen molar-refractivity contribution < 1.29 is 19.2 Å². The first-order valence-corrected chi connectivity index (χ1v) is 8.56. The van der Waals surface area contributed by atoms with E-state index in [0.29, 0.717) is 5.92 Å². The summed E-state index contributed by atoms with van der Waals surface area (Å²) < 4.78 is 4.68. The zero-order valence-electron chi connectivity index (χ0n) is 14.6. The number of carbonyl (C=O) groups is 2. The average Bonchev–Trinajstić information content (AvgIpc) is 2.62. The molecule has 2 rings (SSSR count). The van der Waals surface area contributed by atoms with Crippen LogP contribution in [0.5, 0.6) is 0 Å². The number of methoxy groups -OCH3 is 1. The van der Waals surface area contributed by atoms with Crippen LogP contribution in [0.4, 0.5) is 5.69 Å². The van der Waals surface area contributed by atoms with Gasteiger partial charge in [-0.25, -0.2) is 0 Å². The van der Waals surface area contributed by atoms with Crippen molar-refractivity contribution in [3.05, 3.63) is 39.9 Å². The highest BCUT2D eigenvalue weighted by molar-refractivity contribution is 5.95. The molecule has 1 amide bonds. The number of rotatable bonds is 6. The Morgan fingerprint density at radius 1 is 1.32 bits per heavy atom. The van der Waals surface area contributed by atoms with Gasteiger partial charge in [0.2, 0.25) is 0 Å². The molecule has 0 saturated heterocycles. The van der Waals surface area contributed by atoms with Gasteiger partial charge in [-0.15, -0.1) is 0 Å². The monoisotopic (exact) mass is 348 g/mol. The molecule has 7 heteroatoms. The summed E-state index contributed by atoms with van der Waals surface area (Å²) in [5, 5.41) is 11.0. The van der Waals surface area contributed by atoms with Crippen LogP contribution in [0, 0.1) is 16.0 Å². The number of nitro groups is 1. The van der Waals surface area contributed by atoms with Gasteiger partial charge < -0.3 is 9.64 Å². The molecule has 1 fully saturated rings. The molecule has 7 nitrogen and oxygen atoms in total. The van der Waals surface area contributed by atoms with E-state index in [1.165, 1.54) is 25.3 Å². The van der Waals surface area contributed by atoms with E-state index in [-0.39, 0.29) is 42.1 Å². The second kappa shape index (κ2) is 8.60. The van der Waals surface area contributed by atoms with Gasteiger partial charge in [-0.05, 0) is 24.8 Å². The molecule has 25 heavy (non-hydrogen) atoms. The zero-order chi connectivity index (χ0) is 18.4. The minimum absolute atomic E-state index is 0.0326. The van der Waals surface area contributed by atoms with E-state index in [4.69, 9.17) is 0 Å². The van der Waals surface area contributed by atoms with Crippen LogP contribution < -0.4 is 0 Å². The molecule has 2 unspecified atom stereocenters. The number of nitrogens with zero attached hydrogens (tertiary/aromatic N) is 2. The van der Waals surface area contributed by atoms with Crippen LogP contribution in [-0.4, -0.2) is 41.4 Å². The Kier molecular flexibility index (Phi) is 6.50. The van der Waals surface area contributed by atoms with Crippen molar-refractivity contribution >= 4 is 17.6 Å². The predicted molar refractivity (Wildman–Crippen MR) is 92.2 cm³/mol. The lowest BCUT2D eigenvalue weighted by Gasteiger charge is -2.38. The van der Waals surface area contributed by atoms with Gasteiger partial charge in [-0.1, -0.05) is 25.8 Å².